The summed E-state index contributed by atoms with van der Waals surface area (Å²) in [5.74, 6) is 1.45. The van der Waals surface area contributed by atoms with Gasteiger partial charge in [0.2, 0.25) is 17.7 Å². The molecule has 0 spiro atoms. The van der Waals surface area contributed by atoms with Crippen LogP contribution in [0, 0.1) is 5.92 Å². The van der Waals surface area contributed by atoms with Gasteiger partial charge < -0.3 is 20.5 Å². The number of hydrogen-bond donors (Lipinski definition) is 3. The van der Waals surface area contributed by atoms with Gasteiger partial charge in [-0.25, -0.2) is 0 Å². The molecule has 0 bridgehead atoms. The van der Waals surface area contributed by atoms with Crippen molar-refractivity contribution in [2.75, 3.05) is 19.6 Å². The fourth-order valence-corrected chi connectivity index (χ4v) is 4.29. The molecule has 0 radical (unpaired) electrons. The molecule has 164 valence electrons. The van der Waals surface area contributed by atoms with E-state index in [1.54, 1.807) is 0 Å². The summed E-state index contributed by atoms with van der Waals surface area (Å²) < 4.78 is 5.41. The molecule has 2 fully saturated rings. The summed E-state index contributed by atoms with van der Waals surface area (Å²) >= 11 is 0. The number of carbonyl (C=O) groups is 2. The maximum atomic E-state index is 12.1. The number of carbonyl (C=O) groups excluding carboxylic acids is 2. The van der Waals surface area contributed by atoms with Crippen molar-refractivity contribution in [2.24, 2.45) is 5.92 Å². The summed E-state index contributed by atoms with van der Waals surface area (Å²) in [6.45, 7) is 4.29. The minimum atomic E-state index is -0.541. The van der Waals surface area contributed by atoms with Crippen molar-refractivity contribution in [1.29, 1.82) is 0 Å². The Morgan fingerprint density at radius 1 is 1.21 bits per heavy atom. The second kappa shape index (κ2) is 11.5. The van der Waals surface area contributed by atoms with E-state index in [9.17, 15) is 9.59 Å². The molecule has 1 aliphatic carbocycles. The van der Waals surface area contributed by atoms with Gasteiger partial charge in [0.25, 0.3) is 0 Å². The van der Waals surface area contributed by atoms with Crippen LogP contribution in [0.4, 0.5) is 0 Å². The molecule has 8 nitrogen and oxygen atoms in total. The summed E-state index contributed by atoms with van der Waals surface area (Å²) in [6.07, 6.45) is 9.08. The van der Waals surface area contributed by atoms with E-state index >= 15 is 0 Å². The highest BCUT2D eigenvalue weighted by Crippen LogP contribution is 2.34. The summed E-state index contributed by atoms with van der Waals surface area (Å²) in [4.78, 5) is 28.5. The van der Waals surface area contributed by atoms with E-state index < -0.39 is 5.54 Å². The first-order chi connectivity index (χ1) is 13.6. The highest BCUT2D eigenvalue weighted by atomic mass is 35.5. The average Bonchev–Trinajstić information content (AvgIpc) is 3.05. The van der Waals surface area contributed by atoms with Gasteiger partial charge in [0.1, 0.15) is 5.54 Å². The number of hydrogen-bond acceptors (Lipinski definition) is 6. The van der Waals surface area contributed by atoms with Crippen LogP contribution in [0.25, 0.3) is 0 Å². The quantitative estimate of drug-likeness (QED) is 0.575. The van der Waals surface area contributed by atoms with Crippen LogP contribution < -0.4 is 16.0 Å². The van der Waals surface area contributed by atoms with E-state index in [0.29, 0.717) is 37.0 Å². The molecule has 0 aromatic carbocycles. The topological polar surface area (TPSA) is 109 Å². The summed E-state index contributed by atoms with van der Waals surface area (Å²) in [5, 5.41) is 13.6. The van der Waals surface area contributed by atoms with Crippen molar-refractivity contribution < 1.29 is 14.1 Å². The lowest BCUT2D eigenvalue weighted by Gasteiger charge is -2.30. The van der Waals surface area contributed by atoms with Gasteiger partial charge in [-0.1, -0.05) is 30.8 Å². The van der Waals surface area contributed by atoms with Gasteiger partial charge in [-0.05, 0) is 44.7 Å². The van der Waals surface area contributed by atoms with E-state index in [1.165, 1.54) is 13.3 Å². The molecule has 1 aromatic heterocycles. The average molecular weight is 428 g/mol. The minimum Gasteiger partial charge on any atom is -0.356 e. The zero-order valence-corrected chi connectivity index (χ0v) is 18.1. The first-order valence-electron chi connectivity index (χ1n) is 10.7. The van der Waals surface area contributed by atoms with Gasteiger partial charge >= 0.3 is 0 Å². The van der Waals surface area contributed by atoms with Crippen LogP contribution in [0.3, 0.4) is 0 Å². The van der Waals surface area contributed by atoms with Crippen molar-refractivity contribution in [2.45, 2.75) is 76.7 Å². The van der Waals surface area contributed by atoms with Gasteiger partial charge in [-0.15, -0.1) is 12.4 Å². The predicted octanol–water partition coefficient (Wildman–Crippen LogP) is 2.23. The third kappa shape index (κ3) is 6.96. The predicted molar refractivity (Wildman–Crippen MR) is 112 cm³/mol. The molecule has 1 aliphatic heterocycles. The van der Waals surface area contributed by atoms with E-state index in [4.69, 9.17) is 4.52 Å². The maximum absolute atomic E-state index is 12.1. The SMILES string of the molecule is CC(=O)NC1(c2noc(CCC(=O)NCC3CCCNC3)n2)CCCCCC1.Cl. The molecule has 2 heterocycles. The van der Waals surface area contributed by atoms with Crippen LogP contribution in [-0.2, 0) is 21.5 Å². The zero-order valence-electron chi connectivity index (χ0n) is 17.3. The standard InChI is InChI=1S/C20H33N5O3.ClH/c1-15(26)24-20(10-4-2-3-5-11-20)19-23-18(28-25-19)9-8-17(27)22-14-16-7-6-12-21-13-16;/h16,21H,2-14H2,1H3,(H,22,27)(H,24,26);1H. The van der Waals surface area contributed by atoms with E-state index in [1.807, 2.05) is 0 Å². The minimum absolute atomic E-state index is 0. The van der Waals surface area contributed by atoms with Crippen LogP contribution in [0.2, 0.25) is 0 Å². The molecule has 2 amide bonds. The summed E-state index contributed by atoms with van der Waals surface area (Å²) in [5.41, 5.74) is -0.541. The van der Waals surface area contributed by atoms with Crippen LogP contribution in [0.5, 0.6) is 0 Å². The number of rotatable bonds is 7. The second-order valence-electron chi connectivity index (χ2n) is 8.21. The molecular formula is C20H34ClN5O3. The molecule has 1 atom stereocenters. The third-order valence-corrected chi connectivity index (χ3v) is 5.82. The molecule has 1 saturated carbocycles. The largest absolute Gasteiger partial charge is 0.356 e. The Hall–Kier alpha value is -1.67. The van der Waals surface area contributed by atoms with Gasteiger partial charge in [0.15, 0.2) is 5.82 Å². The molecule has 1 unspecified atom stereocenters. The maximum Gasteiger partial charge on any atom is 0.227 e. The first-order valence-corrected chi connectivity index (χ1v) is 10.7. The fraction of sp³-hybridized carbons (Fsp3) is 0.800. The highest BCUT2D eigenvalue weighted by molar-refractivity contribution is 5.85. The van der Waals surface area contributed by atoms with E-state index in [-0.39, 0.29) is 24.2 Å². The number of aromatic nitrogens is 2. The Labute approximate surface area is 178 Å². The Morgan fingerprint density at radius 2 is 1.97 bits per heavy atom. The molecule has 3 N–H and O–H groups in total. The molecule has 9 heteroatoms. The number of halogens is 1. The molecule has 3 rings (SSSR count). The van der Waals surface area contributed by atoms with Crippen LogP contribution in [0.15, 0.2) is 4.52 Å². The fourth-order valence-electron chi connectivity index (χ4n) is 4.29. The van der Waals surface area contributed by atoms with Crippen molar-refractivity contribution in [3.05, 3.63) is 11.7 Å². The van der Waals surface area contributed by atoms with Gasteiger partial charge in [0, 0.05) is 26.3 Å². The number of nitrogens with zero attached hydrogens (tertiary/aromatic N) is 2. The molecule has 1 saturated heterocycles. The van der Waals surface area contributed by atoms with Crippen molar-refractivity contribution in [3.63, 3.8) is 0 Å². The lowest BCUT2D eigenvalue weighted by Crippen LogP contribution is -2.45. The smallest absolute Gasteiger partial charge is 0.227 e. The lowest BCUT2D eigenvalue weighted by atomic mass is 9.89. The normalized spacial score (nSPS) is 21.5. The highest BCUT2D eigenvalue weighted by Gasteiger charge is 2.38. The van der Waals surface area contributed by atoms with E-state index in [0.717, 1.165) is 58.0 Å². The Balaban J connectivity index is 0.00000300. The Kier molecular flexibility index (Phi) is 9.36. The van der Waals surface area contributed by atoms with Gasteiger partial charge in [-0.2, -0.15) is 4.98 Å². The number of amides is 2. The van der Waals surface area contributed by atoms with Crippen molar-refractivity contribution in [1.82, 2.24) is 26.1 Å². The number of piperidine rings is 1. The molecular weight excluding hydrogens is 394 g/mol. The third-order valence-electron chi connectivity index (χ3n) is 5.82. The number of nitrogens with one attached hydrogen (secondary N) is 3. The van der Waals surface area contributed by atoms with Crippen LogP contribution >= 0.6 is 12.4 Å². The Morgan fingerprint density at radius 3 is 2.62 bits per heavy atom. The molecule has 29 heavy (non-hydrogen) atoms. The van der Waals surface area contributed by atoms with Crippen molar-refractivity contribution >= 4 is 24.2 Å². The monoisotopic (exact) mass is 427 g/mol. The molecule has 2 aliphatic rings. The summed E-state index contributed by atoms with van der Waals surface area (Å²) in [6, 6.07) is 0. The van der Waals surface area contributed by atoms with Crippen LogP contribution in [-0.4, -0.2) is 41.6 Å². The molecule has 1 aromatic rings. The van der Waals surface area contributed by atoms with Gasteiger partial charge in [-0.3, -0.25) is 9.59 Å². The van der Waals surface area contributed by atoms with Crippen molar-refractivity contribution in [3.8, 4) is 0 Å². The van der Waals surface area contributed by atoms with E-state index in [2.05, 4.69) is 26.1 Å². The lowest BCUT2D eigenvalue weighted by molar-refractivity contribution is -0.122. The first kappa shape index (κ1) is 23.6. The zero-order chi connectivity index (χ0) is 19.8. The second-order valence-corrected chi connectivity index (χ2v) is 8.21. The van der Waals surface area contributed by atoms with Crippen LogP contribution in [0.1, 0.15) is 76.4 Å². The van der Waals surface area contributed by atoms with Gasteiger partial charge in [0.05, 0.1) is 0 Å². The summed E-state index contributed by atoms with van der Waals surface area (Å²) in [7, 11) is 0. The Bertz CT molecular complexity index is 652. The number of aryl methyl sites for hydroxylation is 1.